The lowest BCUT2D eigenvalue weighted by Gasteiger charge is -2.21. The van der Waals surface area contributed by atoms with Crippen molar-refractivity contribution in [3.8, 4) is 5.75 Å². The average molecular weight is 397 g/mol. The number of rotatable bonds is 7. The Bertz CT molecular complexity index is 944. The first-order chi connectivity index (χ1) is 13.7. The number of nitrogens with zero attached hydrogens (tertiary/aromatic N) is 3. The molecule has 0 saturated heterocycles. The molecule has 7 nitrogen and oxygen atoms in total. The lowest BCUT2D eigenvalue weighted by molar-refractivity contribution is -0.389. The van der Waals surface area contributed by atoms with Crippen molar-refractivity contribution in [2.75, 3.05) is 5.75 Å². The third-order valence-corrected chi connectivity index (χ3v) is 5.49. The SMILES string of the molecule is O=[N+]([O-])c1cn2c(n1)SCC(OCc1ccc(OCc3ccccc3)cc1)C2. The summed E-state index contributed by atoms with van der Waals surface area (Å²) in [6.07, 6.45) is 1.46. The first-order valence-electron chi connectivity index (χ1n) is 8.89. The summed E-state index contributed by atoms with van der Waals surface area (Å²) in [6, 6.07) is 17.9. The van der Waals surface area contributed by atoms with E-state index in [0.717, 1.165) is 22.6 Å². The summed E-state index contributed by atoms with van der Waals surface area (Å²) in [4.78, 5) is 14.4. The molecular weight excluding hydrogens is 378 g/mol. The second-order valence-electron chi connectivity index (χ2n) is 6.45. The van der Waals surface area contributed by atoms with Crippen LogP contribution in [0.3, 0.4) is 0 Å². The summed E-state index contributed by atoms with van der Waals surface area (Å²) in [7, 11) is 0. The lowest BCUT2D eigenvalue weighted by atomic mass is 10.2. The number of thioether (sulfide) groups is 1. The van der Waals surface area contributed by atoms with Gasteiger partial charge in [-0.2, -0.15) is 0 Å². The van der Waals surface area contributed by atoms with Crippen molar-refractivity contribution in [3.63, 3.8) is 0 Å². The van der Waals surface area contributed by atoms with Crippen molar-refractivity contribution < 1.29 is 14.4 Å². The number of ether oxygens (including phenoxy) is 2. The first-order valence-corrected chi connectivity index (χ1v) is 9.87. The van der Waals surface area contributed by atoms with Gasteiger partial charge in [0.05, 0.1) is 19.3 Å². The second kappa shape index (κ2) is 8.45. The van der Waals surface area contributed by atoms with E-state index in [0.29, 0.717) is 24.9 Å². The number of hydrogen-bond donors (Lipinski definition) is 0. The highest BCUT2D eigenvalue weighted by molar-refractivity contribution is 7.99. The van der Waals surface area contributed by atoms with Crippen LogP contribution in [0.15, 0.2) is 66.0 Å². The summed E-state index contributed by atoms with van der Waals surface area (Å²) >= 11 is 1.48. The average Bonchev–Trinajstić information content (AvgIpc) is 3.16. The van der Waals surface area contributed by atoms with Crippen molar-refractivity contribution >= 4 is 17.6 Å². The van der Waals surface area contributed by atoms with E-state index in [1.807, 2.05) is 54.6 Å². The fourth-order valence-corrected chi connectivity index (χ4v) is 3.88. The van der Waals surface area contributed by atoms with Crippen LogP contribution in [0.4, 0.5) is 5.82 Å². The van der Waals surface area contributed by atoms with Gasteiger partial charge in [-0.3, -0.25) is 4.57 Å². The molecule has 2 heterocycles. The number of imidazole rings is 1. The highest BCUT2D eigenvalue weighted by atomic mass is 32.2. The summed E-state index contributed by atoms with van der Waals surface area (Å²) in [5.41, 5.74) is 2.18. The highest BCUT2D eigenvalue weighted by Gasteiger charge is 2.27. The number of nitro groups is 1. The smallest absolute Gasteiger partial charge is 0.382 e. The quantitative estimate of drug-likeness (QED) is 0.442. The third kappa shape index (κ3) is 4.52. The topological polar surface area (TPSA) is 79.4 Å². The number of hydrogen-bond acceptors (Lipinski definition) is 6. The normalized spacial score (nSPS) is 15.8. The lowest BCUT2D eigenvalue weighted by Crippen LogP contribution is -2.26. The highest BCUT2D eigenvalue weighted by Crippen LogP contribution is 2.28. The minimum Gasteiger partial charge on any atom is -0.489 e. The zero-order chi connectivity index (χ0) is 19.3. The predicted molar refractivity (Wildman–Crippen MR) is 105 cm³/mol. The van der Waals surface area contributed by atoms with Crippen LogP contribution >= 0.6 is 11.8 Å². The molecule has 0 amide bonds. The van der Waals surface area contributed by atoms with Crippen LogP contribution in [0.25, 0.3) is 0 Å². The maximum atomic E-state index is 10.8. The molecule has 1 aromatic heterocycles. The van der Waals surface area contributed by atoms with Crippen molar-refractivity contribution in [3.05, 3.63) is 82.0 Å². The predicted octanol–water partition coefficient (Wildman–Crippen LogP) is 4.06. The Morgan fingerprint density at radius 3 is 2.61 bits per heavy atom. The molecule has 28 heavy (non-hydrogen) atoms. The fraction of sp³-hybridized carbons (Fsp3) is 0.250. The van der Waals surface area contributed by atoms with Gasteiger partial charge in [-0.05, 0) is 33.2 Å². The molecule has 3 aromatic rings. The molecule has 0 aliphatic carbocycles. The van der Waals surface area contributed by atoms with Gasteiger partial charge in [0.15, 0.2) is 0 Å². The Balaban J connectivity index is 1.27. The summed E-state index contributed by atoms with van der Waals surface area (Å²) in [6.45, 7) is 1.59. The minimum absolute atomic E-state index is 0.0136. The van der Waals surface area contributed by atoms with Crippen LogP contribution in [0, 0.1) is 10.1 Å². The molecule has 2 aromatic carbocycles. The minimum atomic E-state index is -0.469. The third-order valence-electron chi connectivity index (χ3n) is 4.37. The molecule has 0 saturated carbocycles. The van der Waals surface area contributed by atoms with Gasteiger partial charge < -0.3 is 19.6 Å². The molecule has 1 atom stereocenters. The van der Waals surface area contributed by atoms with Crippen LogP contribution in [0.2, 0.25) is 0 Å². The largest absolute Gasteiger partial charge is 0.489 e. The molecule has 0 fully saturated rings. The standard InChI is InChI=1S/C20H19N3O4S/c24-23(25)19-11-22-10-18(14-28-20(22)21-19)27-13-16-6-8-17(9-7-16)26-12-15-4-2-1-3-5-15/h1-9,11,18H,10,12-14H2. The van der Waals surface area contributed by atoms with Gasteiger partial charge in [0.1, 0.15) is 18.6 Å². The molecule has 0 spiro atoms. The van der Waals surface area contributed by atoms with E-state index in [4.69, 9.17) is 9.47 Å². The molecule has 1 aliphatic rings. The van der Waals surface area contributed by atoms with Crippen molar-refractivity contribution in [2.45, 2.75) is 31.0 Å². The molecule has 8 heteroatoms. The van der Waals surface area contributed by atoms with E-state index in [2.05, 4.69) is 4.98 Å². The molecule has 4 rings (SSSR count). The van der Waals surface area contributed by atoms with E-state index in [-0.39, 0.29) is 11.9 Å². The van der Waals surface area contributed by atoms with Crippen LogP contribution in [0.5, 0.6) is 5.75 Å². The molecule has 144 valence electrons. The van der Waals surface area contributed by atoms with E-state index in [1.54, 1.807) is 4.57 Å². The maximum Gasteiger partial charge on any atom is 0.382 e. The monoisotopic (exact) mass is 397 g/mol. The molecule has 0 radical (unpaired) electrons. The Kier molecular flexibility index (Phi) is 5.59. The van der Waals surface area contributed by atoms with Crippen LogP contribution in [0.1, 0.15) is 11.1 Å². The summed E-state index contributed by atoms with van der Waals surface area (Å²) in [5, 5.41) is 11.5. The van der Waals surface area contributed by atoms with Crippen LogP contribution < -0.4 is 4.74 Å². The van der Waals surface area contributed by atoms with E-state index in [9.17, 15) is 10.1 Å². The zero-order valence-corrected chi connectivity index (χ0v) is 15.9. The van der Waals surface area contributed by atoms with Gasteiger partial charge in [0.25, 0.3) is 5.16 Å². The van der Waals surface area contributed by atoms with Gasteiger partial charge in [-0.15, -0.1) is 0 Å². The number of benzene rings is 2. The van der Waals surface area contributed by atoms with Gasteiger partial charge in [-0.1, -0.05) is 54.2 Å². The zero-order valence-electron chi connectivity index (χ0n) is 15.1. The Hall–Kier alpha value is -2.84. The van der Waals surface area contributed by atoms with Crippen LogP contribution in [-0.4, -0.2) is 26.3 Å². The van der Waals surface area contributed by atoms with Gasteiger partial charge in [0, 0.05) is 5.75 Å². The summed E-state index contributed by atoms with van der Waals surface area (Å²) < 4.78 is 13.6. The molecule has 1 aliphatic heterocycles. The van der Waals surface area contributed by atoms with E-state index < -0.39 is 4.92 Å². The Morgan fingerprint density at radius 2 is 1.86 bits per heavy atom. The number of aromatic nitrogens is 2. The van der Waals surface area contributed by atoms with E-state index in [1.165, 1.54) is 18.0 Å². The second-order valence-corrected chi connectivity index (χ2v) is 7.44. The Labute approximate surface area is 166 Å². The van der Waals surface area contributed by atoms with Gasteiger partial charge in [0.2, 0.25) is 0 Å². The maximum absolute atomic E-state index is 10.8. The van der Waals surface area contributed by atoms with Crippen molar-refractivity contribution in [1.29, 1.82) is 0 Å². The van der Waals surface area contributed by atoms with Gasteiger partial charge in [-0.25, -0.2) is 0 Å². The first kappa shape index (κ1) is 18.5. The molecule has 1 unspecified atom stereocenters. The fourth-order valence-electron chi connectivity index (χ4n) is 2.90. The van der Waals surface area contributed by atoms with Crippen LogP contribution in [-0.2, 0) is 24.5 Å². The van der Waals surface area contributed by atoms with Gasteiger partial charge >= 0.3 is 5.82 Å². The molecular formula is C20H19N3O4S. The molecule has 0 bridgehead atoms. The molecule has 0 N–H and O–H groups in total. The Morgan fingerprint density at radius 1 is 1.11 bits per heavy atom. The number of fused-ring (bicyclic) bond motifs is 1. The van der Waals surface area contributed by atoms with Crippen molar-refractivity contribution in [2.24, 2.45) is 0 Å². The summed E-state index contributed by atoms with van der Waals surface area (Å²) in [5.74, 6) is 1.43. The van der Waals surface area contributed by atoms with Crippen molar-refractivity contribution in [1.82, 2.24) is 9.55 Å². The van der Waals surface area contributed by atoms with E-state index >= 15 is 0 Å².